The molecule has 0 radical (unpaired) electrons. The van der Waals surface area contributed by atoms with Crippen molar-refractivity contribution < 1.29 is 13.9 Å². The van der Waals surface area contributed by atoms with Crippen LogP contribution in [0.1, 0.15) is 17.9 Å². The third kappa shape index (κ3) is 3.64. The minimum absolute atomic E-state index is 0.234. The van der Waals surface area contributed by atoms with Crippen molar-refractivity contribution in [3.63, 3.8) is 0 Å². The molecule has 4 aromatic rings. The SMILES string of the molecule is O=C(CCc1nc2ccccc2o1)OCc1ccc(-n2cccn2)cc1. The van der Waals surface area contributed by atoms with Crippen LogP contribution in [0.2, 0.25) is 0 Å². The lowest BCUT2D eigenvalue weighted by Crippen LogP contribution is -2.06. The van der Waals surface area contributed by atoms with Crippen molar-refractivity contribution in [3.8, 4) is 5.69 Å². The Balaban J connectivity index is 1.28. The number of aryl methyl sites for hydroxylation is 1. The van der Waals surface area contributed by atoms with E-state index in [9.17, 15) is 4.79 Å². The van der Waals surface area contributed by atoms with E-state index in [1.165, 1.54) is 0 Å². The minimum atomic E-state index is -0.275. The second kappa shape index (κ2) is 7.23. The van der Waals surface area contributed by atoms with E-state index in [1.54, 1.807) is 10.9 Å². The second-order valence-electron chi connectivity index (χ2n) is 5.85. The van der Waals surface area contributed by atoms with Crippen LogP contribution in [0.25, 0.3) is 16.8 Å². The molecule has 0 aliphatic heterocycles. The molecule has 0 saturated heterocycles. The Kier molecular flexibility index (Phi) is 4.47. The first-order valence-electron chi connectivity index (χ1n) is 8.37. The van der Waals surface area contributed by atoms with Gasteiger partial charge in [-0.3, -0.25) is 4.79 Å². The van der Waals surface area contributed by atoms with Gasteiger partial charge in [0.2, 0.25) is 0 Å². The van der Waals surface area contributed by atoms with Gasteiger partial charge in [0.25, 0.3) is 0 Å². The van der Waals surface area contributed by atoms with E-state index in [4.69, 9.17) is 9.15 Å². The summed E-state index contributed by atoms with van der Waals surface area (Å²) in [5.74, 6) is 0.273. The van der Waals surface area contributed by atoms with Gasteiger partial charge in [-0.25, -0.2) is 9.67 Å². The first-order valence-corrected chi connectivity index (χ1v) is 8.37. The predicted octanol–water partition coefficient (Wildman–Crippen LogP) is 3.69. The number of esters is 1. The number of hydrogen-bond donors (Lipinski definition) is 0. The number of benzene rings is 2. The summed E-state index contributed by atoms with van der Waals surface area (Å²) < 4.78 is 12.7. The molecule has 2 aromatic carbocycles. The Labute approximate surface area is 150 Å². The number of para-hydroxylation sites is 2. The van der Waals surface area contributed by atoms with Gasteiger partial charge in [0.1, 0.15) is 12.1 Å². The zero-order valence-corrected chi connectivity index (χ0v) is 14.0. The van der Waals surface area contributed by atoms with Gasteiger partial charge in [-0.1, -0.05) is 24.3 Å². The van der Waals surface area contributed by atoms with Crippen LogP contribution in [-0.2, 0) is 22.6 Å². The number of carbonyl (C=O) groups is 1. The summed E-state index contributed by atoms with van der Waals surface area (Å²) in [7, 11) is 0. The van der Waals surface area contributed by atoms with Crippen molar-refractivity contribution in [1.29, 1.82) is 0 Å². The molecule has 4 rings (SSSR count). The van der Waals surface area contributed by atoms with Gasteiger partial charge in [-0.05, 0) is 35.9 Å². The summed E-state index contributed by atoms with van der Waals surface area (Å²) in [6.07, 6.45) is 4.26. The van der Waals surface area contributed by atoms with Crippen molar-refractivity contribution in [3.05, 3.63) is 78.4 Å². The molecule has 0 N–H and O–H groups in total. The molecule has 0 unspecified atom stereocenters. The van der Waals surface area contributed by atoms with Gasteiger partial charge >= 0.3 is 5.97 Å². The van der Waals surface area contributed by atoms with Crippen LogP contribution >= 0.6 is 0 Å². The largest absolute Gasteiger partial charge is 0.461 e. The summed E-state index contributed by atoms with van der Waals surface area (Å²) in [6, 6.07) is 17.1. The van der Waals surface area contributed by atoms with Crippen LogP contribution in [-0.4, -0.2) is 20.7 Å². The molecule has 26 heavy (non-hydrogen) atoms. The average molecular weight is 347 g/mol. The monoisotopic (exact) mass is 347 g/mol. The standard InChI is InChI=1S/C20H17N3O3/c24-20(11-10-19-22-17-4-1-2-5-18(17)26-19)25-14-15-6-8-16(9-7-15)23-13-3-12-21-23/h1-9,12-13H,10-11,14H2. The molecule has 0 spiro atoms. The smallest absolute Gasteiger partial charge is 0.306 e. The zero-order chi connectivity index (χ0) is 17.8. The lowest BCUT2D eigenvalue weighted by Gasteiger charge is -2.06. The van der Waals surface area contributed by atoms with Gasteiger partial charge in [0, 0.05) is 18.8 Å². The number of fused-ring (bicyclic) bond motifs is 1. The average Bonchev–Trinajstić information content (AvgIpc) is 3.34. The maximum Gasteiger partial charge on any atom is 0.306 e. The molecule has 130 valence electrons. The molecular formula is C20H17N3O3. The van der Waals surface area contributed by atoms with Crippen molar-refractivity contribution in [2.24, 2.45) is 0 Å². The molecule has 0 fully saturated rings. The Morgan fingerprint density at radius 1 is 1.08 bits per heavy atom. The number of nitrogens with zero attached hydrogens (tertiary/aromatic N) is 3. The highest BCUT2D eigenvalue weighted by molar-refractivity contribution is 5.72. The Hall–Kier alpha value is -3.41. The predicted molar refractivity (Wildman–Crippen MR) is 95.7 cm³/mol. The molecule has 6 heteroatoms. The van der Waals surface area contributed by atoms with Crippen molar-refractivity contribution in [1.82, 2.24) is 14.8 Å². The number of rotatable bonds is 6. The molecular weight excluding hydrogens is 330 g/mol. The third-order valence-electron chi connectivity index (χ3n) is 3.99. The van der Waals surface area contributed by atoms with E-state index in [-0.39, 0.29) is 19.0 Å². The molecule has 0 amide bonds. The first-order chi connectivity index (χ1) is 12.8. The molecule has 2 aromatic heterocycles. The molecule has 2 heterocycles. The fourth-order valence-electron chi connectivity index (χ4n) is 2.64. The maximum absolute atomic E-state index is 12.0. The zero-order valence-electron chi connectivity index (χ0n) is 14.0. The number of hydrogen-bond acceptors (Lipinski definition) is 5. The summed E-state index contributed by atoms with van der Waals surface area (Å²) >= 11 is 0. The van der Waals surface area contributed by atoms with E-state index in [2.05, 4.69) is 10.1 Å². The lowest BCUT2D eigenvalue weighted by atomic mass is 10.2. The van der Waals surface area contributed by atoms with Crippen molar-refractivity contribution in [2.45, 2.75) is 19.4 Å². The van der Waals surface area contributed by atoms with Crippen LogP contribution in [0, 0.1) is 0 Å². The van der Waals surface area contributed by atoms with E-state index in [1.807, 2.05) is 60.8 Å². The molecule has 6 nitrogen and oxygen atoms in total. The summed E-state index contributed by atoms with van der Waals surface area (Å²) in [6.45, 7) is 0.242. The van der Waals surface area contributed by atoms with E-state index in [0.29, 0.717) is 12.3 Å². The normalized spacial score (nSPS) is 10.9. The van der Waals surface area contributed by atoms with Crippen LogP contribution in [0.3, 0.4) is 0 Å². The van der Waals surface area contributed by atoms with Crippen LogP contribution in [0.15, 0.2) is 71.4 Å². The fourth-order valence-corrected chi connectivity index (χ4v) is 2.64. The number of carbonyl (C=O) groups excluding carboxylic acids is 1. The summed E-state index contributed by atoms with van der Waals surface area (Å²) in [4.78, 5) is 16.3. The third-order valence-corrected chi connectivity index (χ3v) is 3.99. The summed E-state index contributed by atoms with van der Waals surface area (Å²) in [5, 5.41) is 4.18. The van der Waals surface area contributed by atoms with Crippen LogP contribution in [0.4, 0.5) is 0 Å². The highest BCUT2D eigenvalue weighted by atomic mass is 16.5. The maximum atomic E-state index is 12.0. The van der Waals surface area contributed by atoms with E-state index in [0.717, 1.165) is 22.4 Å². The number of oxazole rings is 1. The molecule has 0 saturated carbocycles. The van der Waals surface area contributed by atoms with Gasteiger partial charge in [0.15, 0.2) is 11.5 Å². The van der Waals surface area contributed by atoms with Gasteiger partial charge < -0.3 is 9.15 Å². The van der Waals surface area contributed by atoms with E-state index >= 15 is 0 Å². The van der Waals surface area contributed by atoms with Crippen LogP contribution in [0.5, 0.6) is 0 Å². The Morgan fingerprint density at radius 3 is 2.69 bits per heavy atom. The van der Waals surface area contributed by atoms with E-state index < -0.39 is 0 Å². The highest BCUT2D eigenvalue weighted by Crippen LogP contribution is 2.16. The van der Waals surface area contributed by atoms with Gasteiger partial charge in [-0.2, -0.15) is 5.10 Å². The highest BCUT2D eigenvalue weighted by Gasteiger charge is 2.09. The molecule has 0 atom stereocenters. The number of aromatic nitrogens is 3. The van der Waals surface area contributed by atoms with Crippen molar-refractivity contribution in [2.75, 3.05) is 0 Å². The summed E-state index contributed by atoms with van der Waals surface area (Å²) in [5.41, 5.74) is 3.42. The topological polar surface area (TPSA) is 70.2 Å². The Bertz CT molecular complexity index is 971. The molecule has 0 aliphatic rings. The minimum Gasteiger partial charge on any atom is -0.461 e. The van der Waals surface area contributed by atoms with Gasteiger partial charge in [-0.15, -0.1) is 0 Å². The first kappa shape index (κ1) is 16.1. The molecule has 0 aliphatic carbocycles. The molecule has 0 bridgehead atoms. The second-order valence-corrected chi connectivity index (χ2v) is 5.85. The quantitative estimate of drug-likeness (QED) is 0.498. The van der Waals surface area contributed by atoms with Crippen molar-refractivity contribution >= 4 is 17.1 Å². The van der Waals surface area contributed by atoms with Crippen LogP contribution < -0.4 is 0 Å². The Morgan fingerprint density at radius 2 is 1.92 bits per heavy atom. The van der Waals surface area contributed by atoms with Gasteiger partial charge in [0.05, 0.1) is 12.1 Å². The lowest BCUT2D eigenvalue weighted by molar-refractivity contribution is -0.145. The fraction of sp³-hybridized carbons (Fsp3) is 0.150. The number of ether oxygens (including phenoxy) is 1.